The molecule has 1 aliphatic rings. The Kier molecular flexibility index (Phi) is 8.40. The zero-order valence-electron chi connectivity index (χ0n) is 21.4. The third-order valence-electron chi connectivity index (χ3n) is 6.20. The van der Waals surface area contributed by atoms with Gasteiger partial charge >= 0.3 is 5.97 Å². The fourth-order valence-electron chi connectivity index (χ4n) is 4.27. The first-order chi connectivity index (χ1) is 18.7. The Morgan fingerprint density at radius 2 is 1.77 bits per heavy atom. The van der Waals surface area contributed by atoms with Crippen molar-refractivity contribution in [1.29, 1.82) is 0 Å². The van der Waals surface area contributed by atoms with Crippen LogP contribution in [0.15, 0.2) is 54.4 Å². The lowest BCUT2D eigenvalue weighted by Gasteiger charge is -2.15. The van der Waals surface area contributed by atoms with Crippen molar-refractivity contribution in [3.63, 3.8) is 0 Å². The highest BCUT2D eigenvalue weighted by atomic mass is 16.5. The van der Waals surface area contributed by atoms with Crippen LogP contribution in [0.4, 0.5) is 5.82 Å². The molecule has 0 radical (unpaired) electrons. The number of hydrogen-bond acceptors (Lipinski definition) is 7. The third kappa shape index (κ3) is 6.69. The van der Waals surface area contributed by atoms with Crippen LogP contribution >= 0.6 is 0 Å². The summed E-state index contributed by atoms with van der Waals surface area (Å²) in [5.41, 5.74) is 7.02. The number of hydrogen-bond donors (Lipinski definition) is 4. The van der Waals surface area contributed by atoms with Gasteiger partial charge in [0.2, 0.25) is 5.91 Å². The molecule has 39 heavy (non-hydrogen) atoms. The number of pyridine rings is 1. The van der Waals surface area contributed by atoms with E-state index in [4.69, 9.17) is 10.5 Å². The van der Waals surface area contributed by atoms with Crippen molar-refractivity contribution in [2.24, 2.45) is 0 Å². The lowest BCUT2D eigenvalue weighted by molar-refractivity contribution is -0.134. The van der Waals surface area contributed by atoms with Crippen LogP contribution in [0, 0.1) is 0 Å². The number of nitrogens with zero attached hydrogens (tertiary/aromatic N) is 2. The number of amides is 3. The van der Waals surface area contributed by atoms with Gasteiger partial charge in [0, 0.05) is 48.3 Å². The molecular weight excluding hydrogens is 502 g/mol. The number of rotatable bonds is 9. The molecule has 1 fully saturated rings. The maximum absolute atomic E-state index is 12.6. The van der Waals surface area contributed by atoms with Crippen LogP contribution < -0.4 is 21.1 Å². The van der Waals surface area contributed by atoms with Gasteiger partial charge in [-0.15, -0.1) is 0 Å². The van der Waals surface area contributed by atoms with Crippen LogP contribution in [0.1, 0.15) is 46.0 Å². The van der Waals surface area contributed by atoms with Crippen LogP contribution in [-0.2, 0) is 9.59 Å². The minimum atomic E-state index is -1.31. The Bertz CT molecular complexity index is 1440. The lowest BCUT2D eigenvalue weighted by atomic mass is 10.1. The number of ether oxygens (including phenoxy) is 1. The maximum Gasteiger partial charge on any atom is 0.352 e. The van der Waals surface area contributed by atoms with Gasteiger partial charge in [0.1, 0.15) is 23.9 Å². The van der Waals surface area contributed by atoms with E-state index in [0.717, 1.165) is 25.9 Å². The van der Waals surface area contributed by atoms with E-state index in [1.807, 2.05) is 4.90 Å². The van der Waals surface area contributed by atoms with Gasteiger partial charge in [-0.05, 0) is 66.8 Å². The number of nitrogens with two attached hydrogens (primary N) is 1. The molecule has 1 aromatic heterocycles. The van der Waals surface area contributed by atoms with Crippen LogP contribution in [0.3, 0.4) is 0 Å². The number of carbonyl (C=O) groups is 4. The molecule has 3 aromatic rings. The predicted molar refractivity (Wildman–Crippen MR) is 145 cm³/mol. The zero-order valence-corrected chi connectivity index (χ0v) is 21.4. The van der Waals surface area contributed by atoms with E-state index in [0.29, 0.717) is 33.2 Å². The quantitative estimate of drug-likeness (QED) is 0.242. The van der Waals surface area contributed by atoms with Crippen LogP contribution in [0.25, 0.3) is 16.8 Å². The summed E-state index contributed by atoms with van der Waals surface area (Å²) in [6, 6.07) is 11.5. The molecule has 0 unspecified atom stereocenters. The molecule has 0 saturated carbocycles. The summed E-state index contributed by atoms with van der Waals surface area (Å²) in [5.74, 6) is -1.64. The highest BCUT2D eigenvalue weighted by Gasteiger charge is 2.19. The Morgan fingerprint density at radius 1 is 1.08 bits per heavy atom. The summed E-state index contributed by atoms with van der Waals surface area (Å²) < 4.78 is 5.88. The first-order valence-electron chi connectivity index (χ1n) is 12.4. The van der Waals surface area contributed by atoms with E-state index in [2.05, 4.69) is 15.6 Å². The fraction of sp³-hybridized carbons (Fsp3) is 0.250. The number of aliphatic carboxylic acids is 1. The number of carboxylic acid groups (broad SMARTS) is 1. The molecule has 0 aliphatic carbocycles. The first kappa shape index (κ1) is 27.1. The molecule has 3 amide bonds. The number of aromatic nitrogens is 1. The highest BCUT2D eigenvalue weighted by Crippen LogP contribution is 2.30. The molecule has 11 heteroatoms. The smallest absolute Gasteiger partial charge is 0.352 e. The molecule has 1 saturated heterocycles. The summed E-state index contributed by atoms with van der Waals surface area (Å²) in [5, 5.41) is 15.9. The Balaban J connectivity index is 1.44. The third-order valence-corrected chi connectivity index (χ3v) is 6.20. The molecule has 0 spiro atoms. The van der Waals surface area contributed by atoms with Crippen molar-refractivity contribution in [2.45, 2.75) is 19.8 Å². The number of nitrogens with one attached hydrogen (secondary N) is 2. The monoisotopic (exact) mass is 531 g/mol. The van der Waals surface area contributed by atoms with E-state index in [-0.39, 0.29) is 36.5 Å². The lowest BCUT2D eigenvalue weighted by Crippen LogP contribution is -2.29. The Morgan fingerprint density at radius 3 is 2.44 bits per heavy atom. The number of nitrogen functional groups attached to an aromatic ring is 1. The SMILES string of the molecule is CC(=O)NC(=Cc1cc2ccnc(N)c2cc1OCCNC(=O)c1ccc(C(=O)N2CCCC2)cc1)C(=O)O. The van der Waals surface area contributed by atoms with Crippen LogP contribution in [0.5, 0.6) is 5.75 Å². The van der Waals surface area contributed by atoms with Gasteiger partial charge < -0.3 is 31.1 Å². The second kappa shape index (κ2) is 12.1. The van der Waals surface area contributed by atoms with E-state index >= 15 is 0 Å². The van der Waals surface area contributed by atoms with Crippen LogP contribution in [0.2, 0.25) is 0 Å². The van der Waals surface area contributed by atoms with Crippen molar-refractivity contribution in [3.8, 4) is 5.75 Å². The molecule has 5 N–H and O–H groups in total. The van der Waals surface area contributed by atoms with Crippen LogP contribution in [-0.4, -0.2) is 64.9 Å². The Labute approximate surface area is 224 Å². The molecule has 2 heterocycles. The van der Waals surface area contributed by atoms with Crippen molar-refractivity contribution >= 4 is 46.4 Å². The van der Waals surface area contributed by atoms with Crippen molar-refractivity contribution in [1.82, 2.24) is 20.5 Å². The summed E-state index contributed by atoms with van der Waals surface area (Å²) in [6.45, 7) is 2.93. The number of carboxylic acids is 1. The standard InChI is InChI=1S/C28H29N5O6/c1-17(34)32-23(28(37)38)15-21-14-20-8-9-30-25(29)22(20)16-24(21)39-13-10-31-26(35)18-4-6-19(7-5-18)27(36)33-11-2-3-12-33/h4-9,14-16H,2-3,10-13H2,1H3,(H2,29,30)(H,31,35)(H,32,34)(H,37,38). The van der Waals surface area contributed by atoms with Gasteiger partial charge in [-0.1, -0.05) is 0 Å². The van der Waals surface area contributed by atoms with E-state index < -0.39 is 11.9 Å². The molecule has 0 bridgehead atoms. The number of anilines is 1. The molecule has 1 aliphatic heterocycles. The summed E-state index contributed by atoms with van der Waals surface area (Å²) >= 11 is 0. The molecule has 11 nitrogen and oxygen atoms in total. The van der Waals surface area contributed by atoms with E-state index in [1.165, 1.54) is 19.2 Å². The normalized spacial score (nSPS) is 13.3. The number of fused-ring (bicyclic) bond motifs is 1. The van der Waals surface area contributed by atoms with Crippen molar-refractivity contribution < 1.29 is 29.0 Å². The maximum atomic E-state index is 12.6. The minimum Gasteiger partial charge on any atom is -0.491 e. The molecule has 202 valence electrons. The number of carbonyl (C=O) groups excluding carboxylic acids is 3. The average Bonchev–Trinajstić information content (AvgIpc) is 3.45. The average molecular weight is 532 g/mol. The molecule has 2 aromatic carbocycles. The predicted octanol–water partition coefficient (Wildman–Crippen LogP) is 2.42. The van der Waals surface area contributed by atoms with Gasteiger partial charge in [0.15, 0.2) is 0 Å². The second-order valence-electron chi connectivity index (χ2n) is 9.03. The molecular formula is C28H29N5O6. The fourth-order valence-corrected chi connectivity index (χ4v) is 4.27. The van der Waals surface area contributed by atoms with E-state index in [9.17, 15) is 24.3 Å². The summed E-state index contributed by atoms with van der Waals surface area (Å²) in [7, 11) is 0. The topological polar surface area (TPSA) is 164 Å². The second-order valence-corrected chi connectivity index (χ2v) is 9.03. The number of benzene rings is 2. The molecule has 4 rings (SSSR count). The Hall–Kier alpha value is -4.93. The largest absolute Gasteiger partial charge is 0.491 e. The summed E-state index contributed by atoms with van der Waals surface area (Å²) in [6.07, 6.45) is 4.83. The van der Waals surface area contributed by atoms with E-state index in [1.54, 1.807) is 42.5 Å². The van der Waals surface area contributed by atoms with Crippen molar-refractivity contribution in [2.75, 3.05) is 32.0 Å². The minimum absolute atomic E-state index is 0.0338. The summed E-state index contributed by atoms with van der Waals surface area (Å²) in [4.78, 5) is 54.1. The van der Waals surface area contributed by atoms with Gasteiger partial charge in [0.25, 0.3) is 11.8 Å². The van der Waals surface area contributed by atoms with Gasteiger partial charge in [-0.25, -0.2) is 9.78 Å². The van der Waals surface area contributed by atoms with Gasteiger partial charge in [-0.3, -0.25) is 14.4 Å². The van der Waals surface area contributed by atoms with Gasteiger partial charge in [-0.2, -0.15) is 0 Å². The first-order valence-corrected chi connectivity index (χ1v) is 12.4. The molecule has 0 atom stereocenters. The van der Waals surface area contributed by atoms with Crippen molar-refractivity contribution in [3.05, 3.63) is 71.0 Å². The number of likely N-dealkylation sites (tertiary alicyclic amines) is 1. The zero-order chi connectivity index (χ0) is 27.9. The highest BCUT2D eigenvalue weighted by molar-refractivity contribution is 5.99. The van der Waals surface area contributed by atoms with Gasteiger partial charge in [0.05, 0.1) is 6.54 Å².